The molecule has 0 aliphatic rings. The molecule has 0 saturated heterocycles. The quantitative estimate of drug-likeness (QED) is 0.327. The minimum absolute atomic E-state index is 0.0828. The fourth-order valence-corrected chi connectivity index (χ4v) is 4.17. The number of nitrogens with zero attached hydrogens (tertiary/aromatic N) is 1. The minimum Gasteiger partial charge on any atom is -0.354 e. The van der Waals surface area contributed by atoms with Gasteiger partial charge < -0.3 is 10.2 Å². The first kappa shape index (κ1) is 26.8. The molecule has 3 rings (SSSR count). The number of benzene rings is 3. The molecule has 4 nitrogen and oxygen atoms in total. The number of hydrogen-bond acceptors (Lipinski definition) is 2. The maximum absolute atomic E-state index is 13.6. The minimum atomic E-state index is -0.658. The molecule has 0 bridgehead atoms. The van der Waals surface area contributed by atoms with E-state index in [-0.39, 0.29) is 18.4 Å². The van der Waals surface area contributed by atoms with Crippen molar-refractivity contribution in [2.45, 2.75) is 45.7 Å². The van der Waals surface area contributed by atoms with Gasteiger partial charge in [-0.2, -0.15) is 0 Å². The Balaban J connectivity index is 1.91. The van der Waals surface area contributed by atoms with E-state index < -0.39 is 6.04 Å². The maximum Gasteiger partial charge on any atom is 0.243 e. The van der Waals surface area contributed by atoms with Gasteiger partial charge in [-0.05, 0) is 41.2 Å². The Kier molecular flexibility index (Phi) is 10.2. The van der Waals surface area contributed by atoms with E-state index >= 15 is 0 Å². The van der Waals surface area contributed by atoms with Crippen LogP contribution in [0.3, 0.4) is 0 Å². The van der Waals surface area contributed by atoms with Gasteiger partial charge >= 0.3 is 0 Å². The van der Waals surface area contributed by atoms with E-state index in [0.29, 0.717) is 41.8 Å². The normalized spacial score (nSPS) is 11.8. The number of nitrogens with one attached hydrogen (secondary N) is 1. The highest BCUT2D eigenvalue weighted by molar-refractivity contribution is 6.42. The zero-order valence-corrected chi connectivity index (χ0v) is 21.7. The monoisotopic (exact) mass is 510 g/mol. The van der Waals surface area contributed by atoms with Crippen molar-refractivity contribution in [2.75, 3.05) is 6.54 Å². The summed E-state index contributed by atoms with van der Waals surface area (Å²) in [6, 6.07) is 24.3. The summed E-state index contributed by atoms with van der Waals surface area (Å²) in [4.78, 5) is 28.8. The number of halogens is 2. The van der Waals surface area contributed by atoms with Crippen molar-refractivity contribution in [2.24, 2.45) is 5.92 Å². The molecule has 184 valence electrons. The van der Waals surface area contributed by atoms with E-state index in [4.69, 9.17) is 23.2 Å². The molecule has 0 aliphatic heterocycles. The van der Waals surface area contributed by atoms with Gasteiger partial charge in [0.05, 0.1) is 10.0 Å². The fourth-order valence-electron chi connectivity index (χ4n) is 3.85. The number of aryl methyl sites for hydroxylation is 1. The molecule has 1 N–H and O–H groups in total. The molecule has 35 heavy (non-hydrogen) atoms. The average molecular weight is 511 g/mol. The molecular weight excluding hydrogens is 479 g/mol. The van der Waals surface area contributed by atoms with Crippen LogP contribution in [0.4, 0.5) is 0 Å². The van der Waals surface area contributed by atoms with E-state index in [9.17, 15) is 9.59 Å². The van der Waals surface area contributed by atoms with Crippen LogP contribution in [-0.4, -0.2) is 29.3 Å². The Morgan fingerprint density at radius 3 is 2.06 bits per heavy atom. The lowest BCUT2D eigenvalue weighted by Crippen LogP contribution is -2.51. The van der Waals surface area contributed by atoms with E-state index in [2.05, 4.69) is 5.32 Å². The van der Waals surface area contributed by atoms with Gasteiger partial charge in [-0.1, -0.05) is 104 Å². The Labute approximate surface area is 218 Å². The van der Waals surface area contributed by atoms with Gasteiger partial charge in [0.2, 0.25) is 11.8 Å². The molecule has 0 saturated carbocycles. The van der Waals surface area contributed by atoms with Gasteiger partial charge in [-0.3, -0.25) is 9.59 Å². The van der Waals surface area contributed by atoms with Crippen molar-refractivity contribution in [3.63, 3.8) is 0 Å². The summed E-state index contributed by atoms with van der Waals surface area (Å²) in [5.74, 6) is 0.0601. The molecule has 0 heterocycles. The number of rotatable bonds is 11. The van der Waals surface area contributed by atoms with Gasteiger partial charge in [0, 0.05) is 25.9 Å². The first-order valence-corrected chi connectivity index (χ1v) is 12.7. The highest BCUT2D eigenvalue weighted by atomic mass is 35.5. The topological polar surface area (TPSA) is 49.4 Å². The van der Waals surface area contributed by atoms with Crippen LogP contribution in [0.25, 0.3) is 0 Å². The predicted molar refractivity (Wildman–Crippen MR) is 144 cm³/mol. The summed E-state index contributed by atoms with van der Waals surface area (Å²) < 4.78 is 0. The van der Waals surface area contributed by atoms with Gasteiger partial charge in [-0.15, -0.1) is 0 Å². The second-order valence-electron chi connectivity index (χ2n) is 9.10. The van der Waals surface area contributed by atoms with Gasteiger partial charge in [0.15, 0.2) is 0 Å². The number of carbonyl (C=O) groups is 2. The number of hydrogen-bond donors (Lipinski definition) is 1. The van der Waals surface area contributed by atoms with Gasteiger partial charge in [0.25, 0.3) is 0 Å². The smallest absolute Gasteiger partial charge is 0.243 e. The number of carbonyl (C=O) groups excluding carboxylic acids is 2. The standard InChI is InChI=1S/C29H32Cl2N2O2/c1-21(2)19-32-29(35)27(18-23-11-7-4-8-12-23)33(20-24-13-15-25(30)26(31)17-24)28(34)16-14-22-9-5-3-6-10-22/h3-13,15,17,21,27H,14,16,18-20H2,1-2H3,(H,32,35)/t27-/m1/s1. The first-order chi connectivity index (χ1) is 16.8. The second-order valence-corrected chi connectivity index (χ2v) is 9.91. The van der Waals surface area contributed by atoms with E-state index in [1.54, 1.807) is 17.0 Å². The summed E-state index contributed by atoms with van der Waals surface area (Å²) in [5.41, 5.74) is 2.90. The molecule has 3 aromatic carbocycles. The van der Waals surface area contributed by atoms with Crippen LogP contribution in [0.5, 0.6) is 0 Å². The highest BCUT2D eigenvalue weighted by Gasteiger charge is 2.30. The summed E-state index contributed by atoms with van der Waals surface area (Å²) >= 11 is 12.4. The van der Waals surface area contributed by atoms with Crippen molar-refractivity contribution in [1.82, 2.24) is 10.2 Å². The SMILES string of the molecule is CC(C)CNC(=O)[C@@H](Cc1ccccc1)N(Cc1ccc(Cl)c(Cl)c1)C(=O)CCc1ccccc1. The Morgan fingerprint density at radius 2 is 1.46 bits per heavy atom. The van der Waals surface area contributed by atoms with Crippen molar-refractivity contribution < 1.29 is 9.59 Å². The molecule has 0 unspecified atom stereocenters. The lowest BCUT2D eigenvalue weighted by molar-refractivity contribution is -0.141. The summed E-state index contributed by atoms with van der Waals surface area (Å²) in [5, 5.41) is 3.91. The molecule has 0 spiro atoms. The van der Waals surface area contributed by atoms with Crippen LogP contribution in [0.15, 0.2) is 78.9 Å². The molecule has 0 radical (unpaired) electrons. The summed E-state index contributed by atoms with van der Waals surface area (Å²) in [6.07, 6.45) is 1.32. The van der Waals surface area contributed by atoms with Crippen LogP contribution in [-0.2, 0) is 29.0 Å². The summed E-state index contributed by atoms with van der Waals surface area (Å²) in [6.45, 7) is 4.90. The van der Waals surface area contributed by atoms with Crippen LogP contribution in [0.1, 0.15) is 37.0 Å². The predicted octanol–water partition coefficient (Wildman–Crippen LogP) is 6.34. The fraction of sp³-hybridized carbons (Fsp3) is 0.310. The third kappa shape index (κ3) is 8.41. The maximum atomic E-state index is 13.6. The Hall–Kier alpha value is -2.82. The molecule has 0 aliphatic carbocycles. The molecule has 6 heteroatoms. The third-order valence-electron chi connectivity index (χ3n) is 5.76. The third-order valence-corrected chi connectivity index (χ3v) is 6.50. The zero-order chi connectivity index (χ0) is 25.2. The van der Waals surface area contributed by atoms with Crippen LogP contribution < -0.4 is 5.32 Å². The Bertz CT molecular complexity index is 1100. The second kappa shape index (κ2) is 13.3. The molecule has 3 aromatic rings. The van der Waals surface area contributed by atoms with Crippen LogP contribution in [0, 0.1) is 5.92 Å². The highest BCUT2D eigenvalue weighted by Crippen LogP contribution is 2.24. The zero-order valence-electron chi connectivity index (χ0n) is 20.2. The Morgan fingerprint density at radius 1 is 0.829 bits per heavy atom. The van der Waals surface area contributed by atoms with E-state index in [1.807, 2.05) is 80.6 Å². The lowest BCUT2D eigenvalue weighted by Gasteiger charge is -2.32. The molecule has 1 atom stereocenters. The van der Waals surface area contributed by atoms with Crippen LogP contribution >= 0.6 is 23.2 Å². The van der Waals surface area contributed by atoms with E-state index in [0.717, 1.165) is 16.7 Å². The van der Waals surface area contributed by atoms with Crippen molar-refractivity contribution in [3.8, 4) is 0 Å². The van der Waals surface area contributed by atoms with Gasteiger partial charge in [-0.25, -0.2) is 0 Å². The van der Waals surface area contributed by atoms with Crippen molar-refractivity contribution in [1.29, 1.82) is 0 Å². The molecule has 0 fully saturated rings. The lowest BCUT2D eigenvalue weighted by atomic mass is 10.0. The van der Waals surface area contributed by atoms with Crippen molar-refractivity contribution >= 4 is 35.0 Å². The molecular formula is C29H32Cl2N2O2. The van der Waals surface area contributed by atoms with Gasteiger partial charge in [0.1, 0.15) is 6.04 Å². The first-order valence-electron chi connectivity index (χ1n) is 11.9. The molecule has 0 aromatic heterocycles. The summed E-state index contributed by atoms with van der Waals surface area (Å²) in [7, 11) is 0. The van der Waals surface area contributed by atoms with Crippen molar-refractivity contribution in [3.05, 3.63) is 106 Å². The average Bonchev–Trinajstić information content (AvgIpc) is 2.86. The van der Waals surface area contributed by atoms with Crippen LogP contribution in [0.2, 0.25) is 10.0 Å². The largest absolute Gasteiger partial charge is 0.354 e. The molecule has 2 amide bonds. The van der Waals surface area contributed by atoms with E-state index in [1.165, 1.54) is 0 Å². The number of amides is 2.